The van der Waals surface area contributed by atoms with Gasteiger partial charge in [0, 0.05) is 12.3 Å². The van der Waals surface area contributed by atoms with Crippen LogP contribution in [0.2, 0.25) is 0 Å². The normalized spacial score (nSPS) is 9.11. The van der Waals surface area contributed by atoms with Gasteiger partial charge in [-0.1, -0.05) is 11.8 Å². The Morgan fingerprint density at radius 1 is 1.78 bits per heavy atom. The lowest BCUT2D eigenvalue weighted by Crippen LogP contribution is -2.05. The highest BCUT2D eigenvalue weighted by Crippen LogP contribution is 2.03. The summed E-state index contributed by atoms with van der Waals surface area (Å²) in [6.07, 6.45) is 0. The third-order valence-electron chi connectivity index (χ3n) is 0.600. The van der Waals surface area contributed by atoms with Gasteiger partial charge in [-0.05, 0) is 19.1 Å². The molecule has 0 amide bonds. The van der Waals surface area contributed by atoms with Crippen LogP contribution in [0.3, 0.4) is 0 Å². The van der Waals surface area contributed by atoms with Gasteiger partial charge in [-0.3, -0.25) is 0 Å². The second kappa shape index (κ2) is 6.32. The minimum Gasteiger partial charge on any atom is -0.479 e. The minimum absolute atomic E-state index is 0.600. The average molecular weight is 165 g/mol. The van der Waals surface area contributed by atoms with Crippen LogP contribution in [-0.4, -0.2) is 23.3 Å². The molecule has 0 aliphatic carbocycles. The number of rotatable bonds is 3. The number of thioether (sulfide) groups is 1. The van der Waals surface area contributed by atoms with Crippen LogP contribution in [0, 0.1) is 0 Å². The Labute approximate surface area is 65.1 Å². The molecular formula is C5H11NOS2. The molecule has 0 saturated carbocycles. The predicted molar refractivity (Wildman–Crippen MR) is 45.7 cm³/mol. The lowest BCUT2D eigenvalue weighted by atomic mass is 10.8. The average Bonchev–Trinajstić information content (AvgIpc) is 1.85. The summed E-state index contributed by atoms with van der Waals surface area (Å²) in [5, 5.41) is 0. The molecule has 0 unspecified atom stereocenters. The highest BCUT2D eigenvalue weighted by molar-refractivity contribution is 8.22. The third kappa shape index (κ3) is 6.08. The Kier molecular flexibility index (Phi) is 6.46. The number of thiocarbonyl (C=S) groups is 1. The van der Waals surface area contributed by atoms with Gasteiger partial charge in [-0.25, -0.2) is 0 Å². The molecule has 2 N–H and O–H groups in total. The van der Waals surface area contributed by atoms with Gasteiger partial charge in [0.05, 0.1) is 6.61 Å². The molecule has 4 heteroatoms. The van der Waals surface area contributed by atoms with E-state index in [1.807, 2.05) is 6.92 Å². The summed E-state index contributed by atoms with van der Waals surface area (Å²) in [5.74, 6) is 0.846. The molecule has 0 rings (SSSR count). The van der Waals surface area contributed by atoms with Crippen molar-refractivity contribution in [2.24, 2.45) is 5.73 Å². The summed E-state index contributed by atoms with van der Waals surface area (Å²) in [7, 11) is 0. The lowest BCUT2D eigenvalue weighted by molar-refractivity contribution is 0.346. The first-order chi connectivity index (χ1) is 4.31. The molecule has 9 heavy (non-hydrogen) atoms. The van der Waals surface area contributed by atoms with E-state index >= 15 is 0 Å². The van der Waals surface area contributed by atoms with Gasteiger partial charge in [0.1, 0.15) is 0 Å². The Morgan fingerprint density at radius 2 is 2.44 bits per heavy atom. The van der Waals surface area contributed by atoms with Crippen molar-refractivity contribution < 1.29 is 4.74 Å². The van der Waals surface area contributed by atoms with Crippen LogP contribution in [0.1, 0.15) is 6.92 Å². The molecule has 0 aromatic rings. The fraction of sp³-hybridized carbons (Fsp3) is 0.800. The molecule has 0 aromatic heterocycles. The summed E-state index contributed by atoms with van der Waals surface area (Å²) in [5.41, 5.74) is 5.24. The molecule has 0 radical (unpaired) electrons. The summed E-state index contributed by atoms with van der Waals surface area (Å²) in [4.78, 5) is 0. The predicted octanol–water partition coefficient (Wildman–Crippen LogP) is 1.000. The molecule has 0 atom stereocenters. The maximum absolute atomic E-state index is 5.24. The fourth-order valence-electron chi connectivity index (χ4n) is 0.302. The van der Waals surface area contributed by atoms with E-state index in [4.69, 9.17) is 22.7 Å². The van der Waals surface area contributed by atoms with E-state index in [2.05, 4.69) is 0 Å². The van der Waals surface area contributed by atoms with Gasteiger partial charge in [0.2, 0.25) is 4.38 Å². The molecule has 0 heterocycles. The second-order valence-corrected chi connectivity index (χ2v) is 3.02. The van der Waals surface area contributed by atoms with Crippen LogP contribution in [-0.2, 0) is 4.74 Å². The van der Waals surface area contributed by atoms with Crippen LogP contribution in [0.5, 0.6) is 0 Å². The van der Waals surface area contributed by atoms with E-state index in [0.717, 1.165) is 5.75 Å². The van der Waals surface area contributed by atoms with E-state index in [1.54, 1.807) is 0 Å². The van der Waals surface area contributed by atoms with Crippen molar-refractivity contribution in [3.8, 4) is 0 Å². The van der Waals surface area contributed by atoms with Gasteiger partial charge in [0.15, 0.2) is 0 Å². The largest absolute Gasteiger partial charge is 0.479 e. The van der Waals surface area contributed by atoms with Gasteiger partial charge >= 0.3 is 0 Å². The van der Waals surface area contributed by atoms with Crippen LogP contribution >= 0.6 is 24.0 Å². The summed E-state index contributed by atoms with van der Waals surface area (Å²) < 4.78 is 5.58. The second-order valence-electron chi connectivity index (χ2n) is 1.32. The van der Waals surface area contributed by atoms with E-state index < -0.39 is 0 Å². The molecule has 0 bridgehead atoms. The summed E-state index contributed by atoms with van der Waals surface area (Å²) in [6, 6.07) is 0. The van der Waals surface area contributed by atoms with Crippen molar-refractivity contribution in [2.75, 3.05) is 18.9 Å². The van der Waals surface area contributed by atoms with Crippen LogP contribution in [0.25, 0.3) is 0 Å². The van der Waals surface area contributed by atoms with Crippen molar-refractivity contribution in [3.05, 3.63) is 0 Å². The van der Waals surface area contributed by atoms with Crippen molar-refractivity contribution in [3.63, 3.8) is 0 Å². The zero-order valence-corrected chi connectivity index (χ0v) is 7.06. The molecular weight excluding hydrogens is 154 g/mol. The molecule has 0 fully saturated rings. The number of hydrogen-bond acceptors (Lipinski definition) is 4. The summed E-state index contributed by atoms with van der Waals surface area (Å²) >= 11 is 6.29. The molecule has 2 nitrogen and oxygen atoms in total. The fourth-order valence-corrected chi connectivity index (χ4v) is 1.16. The first-order valence-electron chi connectivity index (χ1n) is 2.81. The zero-order chi connectivity index (χ0) is 7.11. The standard InChI is InChI=1S/C5H11NOS2/c1-2-7-5(8)9-4-3-6/h2-4,6H2,1H3. The van der Waals surface area contributed by atoms with Gasteiger partial charge < -0.3 is 10.5 Å². The molecule has 0 saturated heterocycles. The zero-order valence-electron chi connectivity index (χ0n) is 5.42. The maximum Gasteiger partial charge on any atom is 0.219 e. The van der Waals surface area contributed by atoms with Crippen LogP contribution in [0.4, 0.5) is 0 Å². The number of ether oxygens (including phenoxy) is 1. The quantitative estimate of drug-likeness (QED) is 0.633. The Hall–Kier alpha value is 0.200. The van der Waals surface area contributed by atoms with Crippen LogP contribution < -0.4 is 5.73 Å². The topological polar surface area (TPSA) is 35.2 Å². The lowest BCUT2D eigenvalue weighted by Gasteiger charge is -2.00. The van der Waals surface area contributed by atoms with E-state index in [0.29, 0.717) is 17.5 Å². The highest BCUT2D eigenvalue weighted by Gasteiger charge is 1.93. The third-order valence-corrected chi connectivity index (χ3v) is 1.86. The smallest absolute Gasteiger partial charge is 0.219 e. The van der Waals surface area contributed by atoms with Crippen molar-refractivity contribution in [1.82, 2.24) is 0 Å². The van der Waals surface area contributed by atoms with Crippen molar-refractivity contribution in [1.29, 1.82) is 0 Å². The Bertz CT molecular complexity index is 87.0. The highest BCUT2D eigenvalue weighted by atomic mass is 32.2. The number of hydrogen-bond donors (Lipinski definition) is 1. The Morgan fingerprint density at radius 3 is 2.89 bits per heavy atom. The van der Waals surface area contributed by atoms with Crippen LogP contribution in [0.15, 0.2) is 0 Å². The molecule has 0 aromatic carbocycles. The Balaban J connectivity index is 3.06. The summed E-state index contributed by atoms with van der Waals surface area (Å²) in [6.45, 7) is 3.21. The number of nitrogens with two attached hydrogens (primary N) is 1. The first-order valence-corrected chi connectivity index (χ1v) is 4.20. The van der Waals surface area contributed by atoms with E-state index in [1.165, 1.54) is 11.8 Å². The van der Waals surface area contributed by atoms with E-state index in [-0.39, 0.29) is 0 Å². The molecule has 0 aliphatic rings. The molecule has 54 valence electrons. The van der Waals surface area contributed by atoms with Crippen molar-refractivity contribution in [2.45, 2.75) is 6.92 Å². The SMILES string of the molecule is CCOC(=S)SCCN. The van der Waals surface area contributed by atoms with Gasteiger partial charge in [0.25, 0.3) is 0 Å². The van der Waals surface area contributed by atoms with Gasteiger partial charge in [-0.2, -0.15) is 0 Å². The minimum atomic E-state index is 0.600. The monoisotopic (exact) mass is 165 g/mol. The van der Waals surface area contributed by atoms with Gasteiger partial charge in [-0.15, -0.1) is 0 Å². The van der Waals surface area contributed by atoms with E-state index in [9.17, 15) is 0 Å². The molecule has 0 spiro atoms. The van der Waals surface area contributed by atoms with Crippen molar-refractivity contribution >= 4 is 28.4 Å². The maximum atomic E-state index is 5.24. The molecule has 0 aliphatic heterocycles. The first kappa shape index (κ1) is 9.20.